The molecule has 4 nitrogen and oxygen atoms in total. The van der Waals surface area contributed by atoms with Crippen molar-refractivity contribution < 1.29 is 14.7 Å². The van der Waals surface area contributed by atoms with Gasteiger partial charge in [-0.2, -0.15) is 0 Å². The van der Waals surface area contributed by atoms with Gasteiger partial charge < -0.3 is 9.67 Å². The van der Waals surface area contributed by atoms with Crippen LogP contribution in [0.3, 0.4) is 0 Å². The molecule has 108 valence electrons. The highest BCUT2D eigenvalue weighted by atomic mass is 16.4. The van der Waals surface area contributed by atoms with Crippen molar-refractivity contribution in [1.82, 2.24) is 4.57 Å². The lowest BCUT2D eigenvalue weighted by atomic mass is 10.0. The summed E-state index contributed by atoms with van der Waals surface area (Å²) < 4.78 is 1.86. The Morgan fingerprint density at radius 3 is 2.71 bits per heavy atom. The van der Waals surface area contributed by atoms with Crippen molar-refractivity contribution in [2.24, 2.45) is 7.05 Å². The zero-order chi connectivity index (χ0) is 15.0. The molecule has 0 fully saturated rings. The zero-order valence-electron chi connectivity index (χ0n) is 11.9. The molecule has 1 N–H and O–H groups in total. The molecule has 21 heavy (non-hydrogen) atoms. The summed E-state index contributed by atoms with van der Waals surface area (Å²) in [7, 11) is 1.85. The fraction of sp³-hybridized carbons (Fsp3) is 0.294. The molecule has 0 radical (unpaired) electrons. The Labute approximate surface area is 123 Å². The molecule has 4 heteroatoms. The van der Waals surface area contributed by atoms with Crippen LogP contribution in [0.5, 0.6) is 0 Å². The maximum Gasteiger partial charge on any atom is 0.303 e. The van der Waals surface area contributed by atoms with Gasteiger partial charge in [0, 0.05) is 18.3 Å². The van der Waals surface area contributed by atoms with Crippen LogP contribution in [0.4, 0.5) is 0 Å². The predicted octanol–water partition coefficient (Wildman–Crippen LogP) is 2.37. The first-order valence-electron chi connectivity index (χ1n) is 7.10. The van der Waals surface area contributed by atoms with Crippen molar-refractivity contribution in [3.05, 3.63) is 58.4 Å². The maximum absolute atomic E-state index is 12.8. The van der Waals surface area contributed by atoms with E-state index in [9.17, 15) is 9.59 Å². The lowest BCUT2D eigenvalue weighted by Gasteiger charge is -2.08. The highest BCUT2D eigenvalue weighted by molar-refractivity contribution is 6.10. The minimum absolute atomic E-state index is 0.0437. The fourth-order valence-corrected chi connectivity index (χ4v) is 3.05. The average molecular weight is 283 g/mol. The first kappa shape index (κ1) is 13.6. The molecule has 1 aliphatic rings. The minimum Gasteiger partial charge on any atom is -0.481 e. The third kappa shape index (κ3) is 2.37. The molecule has 1 aliphatic carbocycles. The normalized spacial score (nSPS) is 13.5. The maximum atomic E-state index is 12.8. The van der Waals surface area contributed by atoms with E-state index in [0.29, 0.717) is 12.1 Å². The summed E-state index contributed by atoms with van der Waals surface area (Å²) in [6.07, 6.45) is 2.20. The Bertz CT molecular complexity index is 728. The third-order valence-corrected chi connectivity index (χ3v) is 4.15. The summed E-state index contributed by atoms with van der Waals surface area (Å²) in [6, 6.07) is 9.71. The summed E-state index contributed by atoms with van der Waals surface area (Å²) in [5.74, 6) is -0.773. The fourth-order valence-electron chi connectivity index (χ4n) is 3.05. The summed E-state index contributed by atoms with van der Waals surface area (Å²) >= 11 is 0. The van der Waals surface area contributed by atoms with E-state index in [1.54, 1.807) is 0 Å². The monoisotopic (exact) mass is 283 g/mol. The quantitative estimate of drug-likeness (QED) is 0.940. The van der Waals surface area contributed by atoms with Gasteiger partial charge in [0.1, 0.15) is 0 Å². The standard InChI is InChI=1S/C17H17NO3/c1-18-13(8-9-15(19)20)10-12-7-6-11-4-2-3-5-14(11)17(21)16(12)18/h2-5,10H,6-9H2,1H3,(H,19,20). The van der Waals surface area contributed by atoms with Gasteiger partial charge in [-0.25, -0.2) is 0 Å². The smallest absolute Gasteiger partial charge is 0.303 e. The zero-order valence-corrected chi connectivity index (χ0v) is 11.9. The van der Waals surface area contributed by atoms with E-state index >= 15 is 0 Å². The number of carboxylic acids is 1. The summed E-state index contributed by atoms with van der Waals surface area (Å²) in [4.78, 5) is 23.5. The van der Waals surface area contributed by atoms with Gasteiger partial charge in [0.05, 0.1) is 12.1 Å². The Kier molecular flexibility index (Phi) is 3.37. The van der Waals surface area contributed by atoms with Crippen LogP contribution in [0, 0.1) is 0 Å². The molecule has 1 aromatic heterocycles. The molecule has 3 rings (SSSR count). The molecular formula is C17H17NO3. The van der Waals surface area contributed by atoms with Crippen molar-refractivity contribution in [1.29, 1.82) is 0 Å². The van der Waals surface area contributed by atoms with Crippen LogP contribution >= 0.6 is 0 Å². The number of aryl methyl sites for hydroxylation is 3. The van der Waals surface area contributed by atoms with Crippen molar-refractivity contribution in [3.63, 3.8) is 0 Å². The van der Waals surface area contributed by atoms with Crippen LogP contribution in [0.15, 0.2) is 30.3 Å². The van der Waals surface area contributed by atoms with Crippen LogP contribution in [-0.4, -0.2) is 21.4 Å². The molecule has 0 bridgehead atoms. The van der Waals surface area contributed by atoms with Crippen LogP contribution in [0.1, 0.15) is 39.3 Å². The number of benzene rings is 1. The summed E-state index contributed by atoms with van der Waals surface area (Å²) in [6.45, 7) is 0. The number of nitrogens with zero attached hydrogens (tertiary/aromatic N) is 1. The second-order valence-corrected chi connectivity index (χ2v) is 5.45. The number of carbonyl (C=O) groups excluding carboxylic acids is 1. The number of rotatable bonds is 3. The molecule has 1 heterocycles. The Hall–Kier alpha value is -2.36. The Morgan fingerprint density at radius 2 is 1.95 bits per heavy atom. The van der Waals surface area contributed by atoms with E-state index in [1.807, 2.05) is 41.9 Å². The van der Waals surface area contributed by atoms with Gasteiger partial charge in [0.2, 0.25) is 5.78 Å². The second-order valence-electron chi connectivity index (χ2n) is 5.45. The van der Waals surface area contributed by atoms with E-state index in [0.717, 1.165) is 35.2 Å². The van der Waals surface area contributed by atoms with Gasteiger partial charge in [-0.15, -0.1) is 0 Å². The van der Waals surface area contributed by atoms with Gasteiger partial charge in [0.25, 0.3) is 0 Å². The minimum atomic E-state index is -0.817. The number of hydrogen-bond acceptors (Lipinski definition) is 2. The molecule has 0 saturated heterocycles. The first-order valence-corrected chi connectivity index (χ1v) is 7.10. The molecule has 0 atom stereocenters. The van der Waals surface area contributed by atoms with E-state index in [2.05, 4.69) is 0 Å². The van der Waals surface area contributed by atoms with Gasteiger partial charge in [-0.1, -0.05) is 24.3 Å². The van der Waals surface area contributed by atoms with Crippen molar-refractivity contribution >= 4 is 11.8 Å². The van der Waals surface area contributed by atoms with Gasteiger partial charge in [-0.05, 0) is 36.5 Å². The topological polar surface area (TPSA) is 59.3 Å². The van der Waals surface area contributed by atoms with Crippen LogP contribution < -0.4 is 0 Å². The van der Waals surface area contributed by atoms with Gasteiger partial charge in [0.15, 0.2) is 0 Å². The number of carboxylic acid groups (broad SMARTS) is 1. The summed E-state index contributed by atoms with van der Waals surface area (Å²) in [5, 5.41) is 8.82. The van der Waals surface area contributed by atoms with E-state index in [-0.39, 0.29) is 12.2 Å². The Balaban J connectivity index is 2.02. The molecular weight excluding hydrogens is 266 g/mol. The number of carbonyl (C=O) groups is 2. The molecule has 0 aliphatic heterocycles. The van der Waals surface area contributed by atoms with Crippen molar-refractivity contribution in [3.8, 4) is 0 Å². The number of aliphatic carboxylic acids is 1. The molecule has 1 aromatic carbocycles. The predicted molar refractivity (Wildman–Crippen MR) is 78.7 cm³/mol. The number of ketones is 1. The molecule has 0 unspecified atom stereocenters. The molecule has 0 spiro atoms. The van der Waals surface area contributed by atoms with Gasteiger partial charge >= 0.3 is 5.97 Å². The van der Waals surface area contributed by atoms with E-state index < -0.39 is 5.97 Å². The van der Waals surface area contributed by atoms with Crippen molar-refractivity contribution in [2.45, 2.75) is 25.7 Å². The second kappa shape index (κ2) is 5.20. The van der Waals surface area contributed by atoms with Gasteiger partial charge in [-0.3, -0.25) is 9.59 Å². The SMILES string of the molecule is Cn1c(CCC(=O)O)cc2c1C(=O)c1ccccc1CC2. The number of hydrogen-bond donors (Lipinski definition) is 1. The Morgan fingerprint density at radius 1 is 1.24 bits per heavy atom. The highest BCUT2D eigenvalue weighted by Gasteiger charge is 2.25. The summed E-state index contributed by atoms with van der Waals surface area (Å²) in [5.41, 5.74) is 4.50. The molecule has 0 amide bonds. The number of fused-ring (bicyclic) bond motifs is 2. The lowest BCUT2D eigenvalue weighted by Crippen LogP contribution is -2.11. The van der Waals surface area contributed by atoms with Crippen molar-refractivity contribution in [2.75, 3.05) is 0 Å². The van der Waals surface area contributed by atoms with Crippen LogP contribution in [0.2, 0.25) is 0 Å². The third-order valence-electron chi connectivity index (χ3n) is 4.15. The largest absolute Gasteiger partial charge is 0.481 e. The molecule has 0 saturated carbocycles. The lowest BCUT2D eigenvalue weighted by molar-refractivity contribution is -0.136. The molecule has 2 aromatic rings. The number of aromatic nitrogens is 1. The van der Waals surface area contributed by atoms with E-state index in [1.165, 1.54) is 0 Å². The van der Waals surface area contributed by atoms with Crippen LogP contribution in [-0.2, 0) is 31.1 Å². The highest BCUT2D eigenvalue weighted by Crippen LogP contribution is 2.27. The van der Waals surface area contributed by atoms with Crippen LogP contribution in [0.25, 0.3) is 0 Å². The average Bonchev–Trinajstić information content (AvgIpc) is 2.70. The van der Waals surface area contributed by atoms with E-state index in [4.69, 9.17) is 5.11 Å². The first-order chi connectivity index (χ1) is 10.1.